The number of amides is 1. The van der Waals surface area contributed by atoms with Crippen LogP contribution >= 0.6 is 11.8 Å². The Hall–Kier alpha value is -1.69. The number of fused-ring (bicyclic) bond motifs is 1. The molecule has 1 aliphatic carbocycles. The first-order valence-corrected chi connectivity index (χ1v) is 12.4. The summed E-state index contributed by atoms with van der Waals surface area (Å²) in [7, 11) is 0. The van der Waals surface area contributed by atoms with Gasteiger partial charge in [0.25, 0.3) is 0 Å². The van der Waals surface area contributed by atoms with E-state index in [1.54, 1.807) is 0 Å². The Bertz CT molecular complexity index is 693. The van der Waals surface area contributed by atoms with Gasteiger partial charge >= 0.3 is 0 Å². The van der Waals surface area contributed by atoms with Crippen molar-refractivity contribution in [1.29, 1.82) is 0 Å². The van der Waals surface area contributed by atoms with Crippen molar-refractivity contribution in [2.45, 2.75) is 69.7 Å². The van der Waals surface area contributed by atoms with Crippen molar-refractivity contribution in [3.8, 4) is 0 Å². The average Bonchev–Trinajstić information content (AvgIpc) is 2.76. The Labute approximate surface area is 180 Å². The molecule has 1 fully saturated rings. The van der Waals surface area contributed by atoms with Crippen molar-refractivity contribution >= 4 is 23.6 Å². The van der Waals surface area contributed by atoms with Crippen molar-refractivity contribution < 1.29 is 4.79 Å². The monoisotopic (exact) mass is 416 g/mol. The van der Waals surface area contributed by atoms with Gasteiger partial charge < -0.3 is 15.5 Å². The van der Waals surface area contributed by atoms with Crippen LogP contribution in [0.1, 0.15) is 56.6 Å². The number of carbonyl (C=O) groups excluding carboxylic acids is 1. The predicted molar refractivity (Wildman–Crippen MR) is 123 cm³/mol. The van der Waals surface area contributed by atoms with Gasteiger partial charge in [0, 0.05) is 43.9 Å². The van der Waals surface area contributed by atoms with Gasteiger partial charge in [0.15, 0.2) is 5.96 Å². The second-order valence-electron chi connectivity index (χ2n) is 8.06. The fourth-order valence-electron chi connectivity index (χ4n) is 4.29. The van der Waals surface area contributed by atoms with Crippen LogP contribution in [0, 0.1) is 0 Å². The van der Waals surface area contributed by atoms with Gasteiger partial charge in [-0.1, -0.05) is 30.7 Å². The zero-order valence-electron chi connectivity index (χ0n) is 18.0. The number of benzene rings is 1. The van der Waals surface area contributed by atoms with Crippen LogP contribution in [0.25, 0.3) is 0 Å². The molecule has 2 N–H and O–H groups in total. The summed E-state index contributed by atoms with van der Waals surface area (Å²) in [6, 6.07) is 8.97. The zero-order valence-corrected chi connectivity index (χ0v) is 18.8. The van der Waals surface area contributed by atoms with Crippen LogP contribution in [0.5, 0.6) is 0 Å². The Kier molecular flexibility index (Phi) is 8.71. The SMILES string of the molecule is CCNC(=NCCCC(=O)N1CCc2ccccc2C1)NC1CCCC(SC)C1. The van der Waals surface area contributed by atoms with Gasteiger partial charge in [-0.3, -0.25) is 9.79 Å². The first kappa shape index (κ1) is 22.0. The largest absolute Gasteiger partial charge is 0.357 e. The molecule has 0 aromatic heterocycles. The molecule has 0 radical (unpaired) electrons. The number of rotatable bonds is 7. The van der Waals surface area contributed by atoms with Gasteiger partial charge in [-0.25, -0.2) is 0 Å². The van der Waals surface area contributed by atoms with E-state index in [2.05, 4.69) is 48.1 Å². The van der Waals surface area contributed by atoms with Crippen molar-refractivity contribution in [3.05, 3.63) is 35.4 Å². The molecule has 29 heavy (non-hydrogen) atoms. The van der Waals surface area contributed by atoms with E-state index in [1.165, 1.54) is 36.8 Å². The minimum Gasteiger partial charge on any atom is -0.357 e. The van der Waals surface area contributed by atoms with E-state index in [1.807, 2.05) is 16.7 Å². The fourth-order valence-corrected chi connectivity index (χ4v) is 5.12. The van der Waals surface area contributed by atoms with Gasteiger partial charge in [0.1, 0.15) is 0 Å². The Morgan fingerprint density at radius 1 is 1.28 bits per heavy atom. The molecule has 160 valence electrons. The smallest absolute Gasteiger partial charge is 0.222 e. The van der Waals surface area contributed by atoms with Crippen molar-refractivity contribution in [2.24, 2.45) is 4.99 Å². The van der Waals surface area contributed by atoms with Crippen LogP contribution in [0.3, 0.4) is 0 Å². The lowest BCUT2D eigenvalue weighted by atomic mass is 9.95. The molecule has 0 saturated heterocycles. The Balaban J connectivity index is 1.43. The van der Waals surface area contributed by atoms with Gasteiger partial charge in [-0.15, -0.1) is 0 Å². The second-order valence-corrected chi connectivity index (χ2v) is 9.20. The number of nitrogens with zero attached hydrogens (tertiary/aromatic N) is 2. The minimum absolute atomic E-state index is 0.253. The third-order valence-electron chi connectivity index (χ3n) is 5.95. The molecule has 1 aliphatic heterocycles. The topological polar surface area (TPSA) is 56.7 Å². The molecule has 0 spiro atoms. The zero-order chi connectivity index (χ0) is 20.5. The molecule has 2 aliphatic rings. The highest BCUT2D eigenvalue weighted by atomic mass is 32.2. The number of carbonyl (C=O) groups is 1. The summed E-state index contributed by atoms with van der Waals surface area (Å²) >= 11 is 1.98. The summed E-state index contributed by atoms with van der Waals surface area (Å²) in [6.07, 6.45) is 9.59. The molecule has 6 heteroatoms. The highest BCUT2D eigenvalue weighted by molar-refractivity contribution is 7.99. The normalized spacial score (nSPS) is 22.1. The van der Waals surface area contributed by atoms with Gasteiger partial charge in [-0.05, 0) is 56.4 Å². The first-order chi connectivity index (χ1) is 14.2. The fraction of sp³-hybridized carbons (Fsp3) is 0.652. The van der Waals surface area contributed by atoms with Crippen molar-refractivity contribution in [1.82, 2.24) is 15.5 Å². The van der Waals surface area contributed by atoms with Gasteiger partial charge in [0.2, 0.25) is 5.91 Å². The van der Waals surface area contributed by atoms with Crippen molar-refractivity contribution in [2.75, 3.05) is 25.9 Å². The van der Waals surface area contributed by atoms with E-state index >= 15 is 0 Å². The lowest BCUT2D eigenvalue weighted by molar-refractivity contribution is -0.132. The van der Waals surface area contributed by atoms with Crippen LogP contribution in [-0.2, 0) is 17.8 Å². The van der Waals surface area contributed by atoms with Crippen LogP contribution in [0.15, 0.2) is 29.3 Å². The van der Waals surface area contributed by atoms with E-state index < -0.39 is 0 Å². The van der Waals surface area contributed by atoms with Crippen LogP contribution in [0.2, 0.25) is 0 Å². The molecule has 1 saturated carbocycles. The maximum atomic E-state index is 12.6. The summed E-state index contributed by atoms with van der Waals surface area (Å²) < 4.78 is 0. The molecule has 2 atom stereocenters. The van der Waals surface area contributed by atoms with E-state index in [-0.39, 0.29) is 5.91 Å². The predicted octanol–water partition coefficient (Wildman–Crippen LogP) is 3.58. The third kappa shape index (κ3) is 6.66. The van der Waals surface area contributed by atoms with Crippen LogP contribution in [0.4, 0.5) is 0 Å². The molecular formula is C23H36N4OS. The maximum absolute atomic E-state index is 12.6. The standard InChI is InChI=1S/C23H36N4OS/c1-3-24-23(26-20-10-6-11-21(16-20)29-2)25-14-7-12-22(28)27-15-13-18-8-4-5-9-19(18)17-27/h4-5,8-9,20-21H,3,6-7,10-17H2,1-2H3,(H2,24,25,26). The number of nitrogens with one attached hydrogen (secondary N) is 2. The number of aliphatic imine (C=N–C) groups is 1. The minimum atomic E-state index is 0.253. The van der Waals surface area contributed by atoms with Gasteiger partial charge in [0.05, 0.1) is 0 Å². The lowest BCUT2D eigenvalue weighted by Crippen LogP contribution is -2.45. The lowest BCUT2D eigenvalue weighted by Gasteiger charge is -2.30. The summed E-state index contributed by atoms with van der Waals surface area (Å²) in [5.74, 6) is 1.15. The molecular weight excluding hydrogens is 380 g/mol. The summed E-state index contributed by atoms with van der Waals surface area (Å²) in [4.78, 5) is 19.3. The summed E-state index contributed by atoms with van der Waals surface area (Å²) in [5, 5.41) is 7.74. The maximum Gasteiger partial charge on any atom is 0.222 e. The van der Waals surface area contributed by atoms with Crippen LogP contribution < -0.4 is 10.6 Å². The van der Waals surface area contributed by atoms with E-state index in [4.69, 9.17) is 4.99 Å². The van der Waals surface area contributed by atoms with E-state index in [0.29, 0.717) is 19.0 Å². The number of hydrogen-bond acceptors (Lipinski definition) is 3. The Morgan fingerprint density at radius 2 is 2.10 bits per heavy atom. The number of thioether (sulfide) groups is 1. The summed E-state index contributed by atoms with van der Waals surface area (Å²) in [6.45, 7) is 5.23. The molecule has 1 heterocycles. The molecule has 5 nitrogen and oxygen atoms in total. The molecule has 3 rings (SSSR count). The summed E-state index contributed by atoms with van der Waals surface area (Å²) in [5.41, 5.74) is 2.67. The average molecular weight is 417 g/mol. The number of guanidine groups is 1. The first-order valence-electron chi connectivity index (χ1n) is 11.1. The highest BCUT2D eigenvalue weighted by Crippen LogP contribution is 2.26. The second kappa shape index (κ2) is 11.5. The van der Waals surface area contributed by atoms with Crippen LogP contribution in [-0.4, -0.2) is 53.9 Å². The third-order valence-corrected chi connectivity index (χ3v) is 7.04. The molecule has 1 aromatic carbocycles. The molecule has 1 amide bonds. The number of hydrogen-bond donors (Lipinski definition) is 2. The van der Waals surface area contributed by atoms with E-state index in [9.17, 15) is 4.79 Å². The molecule has 1 aromatic rings. The quantitative estimate of drug-likeness (QED) is 0.405. The van der Waals surface area contributed by atoms with Gasteiger partial charge in [-0.2, -0.15) is 11.8 Å². The van der Waals surface area contributed by atoms with E-state index in [0.717, 1.165) is 43.7 Å². The Morgan fingerprint density at radius 3 is 2.90 bits per heavy atom. The molecule has 2 unspecified atom stereocenters. The molecule has 0 bridgehead atoms. The highest BCUT2D eigenvalue weighted by Gasteiger charge is 2.22. The van der Waals surface area contributed by atoms with Crippen molar-refractivity contribution in [3.63, 3.8) is 0 Å².